The molecule has 0 aliphatic carbocycles. The van der Waals surface area contributed by atoms with E-state index in [2.05, 4.69) is 35.5 Å². The zero-order valence-corrected chi connectivity index (χ0v) is 15.9. The summed E-state index contributed by atoms with van der Waals surface area (Å²) in [4.78, 5) is 31.3. The Hall–Kier alpha value is -2.69. The number of amides is 1. The smallest absolute Gasteiger partial charge is 0.354 e. The topological polar surface area (TPSA) is 125 Å². The highest BCUT2D eigenvalue weighted by Crippen LogP contribution is 2.26. The van der Waals surface area contributed by atoms with E-state index in [-0.39, 0.29) is 18.3 Å². The second kappa shape index (κ2) is 7.91. The highest BCUT2D eigenvalue weighted by molar-refractivity contribution is 7.14. The number of nitrogens with zero attached hydrogens (tertiary/aromatic N) is 2. The molecule has 1 amide bonds. The third-order valence-corrected chi connectivity index (χ3v) is 4.89. The molecular formula is C16H17ClN6O3S. The van der Waals surface area contributed by atoms with E-state index >= 15 is 0 Å². The normalized spacial score (nSPS) is 12.8. The summed E-state index contributed by atoms with van der Waals surface area (Å²) in [7, 11) is 1.32. The average molecular weight is 409 g/mol. The standard InChI is InChI=1S/C16H16N6O3S.ClH/c1-25-15(24)11-4-8(5-18-11)12-7-26-16(19-12)20-14(23)13-9-6-17-3-2-10(9)21-22-13;/h4-5,7,17-18H,2-3,6H2,1H3,(H,21,22)(H,19,20,23);1H. The van der Waals surface area contributed by atoms with E-state index in [0.717, 1.165) is 29.8 Å². The Bertz CT molecular complexity index is 979. The van der Waals surface area contributed by atoms with Crippen molar-refractivity contribution in [1.82, 2.24) is 25.5 Å². The van der Waals surface area contributed by atoms with E-state index in [1.54, 1.807) is 17.6 Å². The van der Waals surface area contributed by atoms with Crippen LogP contribution in [0.3, 0.4) is 0 Å². The SMILES string of the molecule is COC(=O)c1cc(-c2csc(NC(=O)c3n[nH]c4c3CNCC4)n2)c[nH]1.Cl. The molecule has 0 fully saturated rings. The van der Waals surface area contributed by atoms with E-state index < -0.39 is 5.97 Å². The van der Waals surface area contributed by atoms with Crippen LogP contribution in [-0.4, -0.2) is 45.7 Å². The van der Waals surface area contributed by atoms with Crippen LogP contribution in [0.4, 0.5) is 5.13 Å². The number of anilines is 1. The van der Waals surface area contributed by atoms with E-state index in [1.165, 1.54) is 18.4 Å². The van der Waals surface area contributed by atoms with Crippen LogP contribution in [0.5, 0.6) is 0 Å². The number of hydrogen-bond donors (Lipinski definition) is 4. The molecule has 11 heteroatoms. The second-order valence-corrected chi connectivity index (χ2v) is 6.60. The third kappa shape index (κ3) is 3.72. The number of methoxy groups -OCH3 is 1. The van der Waals surface area contributed by atoms with Crippen molar-refractivity contribution in [3.8, 4) is 11.3 Å². The fraction of sp³-hybridized carbons (Fsp3) is 0.250. The van der Waals surface area contributed by atoms with Crippen LogP contribution in [-0.2, 0) is 17.7 Å². The summed E-state index contributed by atoms with van der Waals surface area (Å²) < 4.78 is 4.67. The molecule has 0 saturated carbocycles. The van der Waals surface area contributed by atoms with Crippen LogP contribution in [0.1, 0.15) is 32.2 Å². The minimum absolute atomic E-state index is 0. The number of nitrogens with one attached hydrogen (secondary N) is 4. The number of aromatic amines is 2. The van der Waals surface area contributed by atoms with Gasteiger partial charge in [0.15, 0.2) is 10.8 Å². The number of rotatable bonds is 4. The maximum absolute atomic E-state index is 12.5. The van der Waals surface area contributed by atoms with Crippen molar-refractivity contribution in [2.24, 2.45) is 0 Å². The molecule has 1 aliphatic rings. The molecular weight excluding hydrogens is 392 g/mol. The highest BCUT2D eigenvalue weighted by Gasteiger charge is 2.22. The van der Waals surface area contributed by atoms with E-state index in [0.29, 0.717) is 28.8 Å². The van der Waals surface area contributed by atoms with Crippen LogP contribution in [0.15, 0.2) is 17.6 Å². The summed E-state index contributed by atoms with van der Waals surface area (Å²) >= 11 is 1.30. The minimum Gasteiger partial charge on any atom is -0.464 e. The Morgan fingerprint density at radius 3 is 3.04 bits per heavy atom. The molecule has 3 aromatic heterocycles. The third-order valence-electron chi connectivity index (χ3n) is 4.13. The van der Waals surface area contributed by atoms with Gasteiger partial charge in [0, 0.05) is 47.9 Å². The van der Waals surface area contributed by atoms with Gasteiger partial charge < -0.3 is 15.0 Å². The highest BCUT2D eigenvalue weighted by atomic mass is 35.5. The quantitative estimate of drug-likeness (QED) is 0.489. The zero-order chi connectivity index (χ0) is 18.1. The summed E-state index contributed by atoms with van der Waals surface area (Å²) in [6.07, 6.45) is 2.50. The van der Waals surface area contributed by atoms with Crippen molar-refractivity contribution < 1.29 is 14.3 Å². The number of hydrogen-bond acceptors (Lipinski definition) is 7. The lowest BCUT2D eigenvalue weighted by Crippen LogP contribution is -2.25. The monoisotopic (exact) mass is 408 g/mol. The van der Waals surface area contributed by atoms with Crippen molar-refractivity contribution in [2.75, 3.05) is 19.0 Å². The summed E-state index contributed by atoms with van der Waals surface area (Å²) in [5.41, 5.74) is 4.02. The van der Waals surface area contributed by atoms with Crippen molar-refractivity contribution in [1.29, 1.82) is 0 Å². The zero-order valence-electron chi connectivity index (χ0n) is 14.3. The van der Waals surface area contributed by atoms with Gasteiger partial charge in [-0.25, -0.2) is 9.78 Å². The number of fused-ring (bicyclic) bond motifs is 1. The van der Waals surface area contributed by atoms with Gasteiger partial charge in [-0.2, -0.15) is 5.10 Å². The number of carbonyl (C=O) groups is 2. The summed E-state index contributed by atoms with van der Waals surface area (Å²) in [5, 5.41) is 15.3. The maximum atomic E-state index is 12.5. The number of aromatic nitrogens is 4. The average Bonchev–Trinajstić information content (AvgIpc) is 3.39. The Morgan fingerprint density at radius 1 is 1.37 bits per heavy atom. The van der Waals surface area contributed by atoms with Gasteiger partial charge in [-0.3, -0.25) is 15.2 Å². The van der Waals surface area contributed by atoms with Crippen molar-refractivity contribution in [3.05, 3.63) is 40.3 Å². The predicted octanol–water partition coefficient (Wildman–Crippen LogP) is 1.97. The molecule has 0 bridgehead atoms. The van der Waals surface area contributed by atoms with Gasteiger partial charge in [-0.1, -0.05) is 0 Å². The Labute approximate surface area is 164 Å². The van der Waals surface area contributed by atoms with E-state index in [9.17, 15) is 9.59 Å². The molecule has 0 radical (unpaired) electrons. The molecule has 27 heavy (non-hydrogen) atoms. The molecule has 0 unspecified atom stereocenters. The van der Waals surface area contributed by atoms with Gasteiger partial charge in [-0.05, 0) is 6.07 Å². The van der Waals surface area contributed by atoms with Crippen molar-refractivity contribution in [3.63, 3.8) is 0 Å². The molecule has 4 heterocycles. The molecule has 4 rings (SSSR count). The van der Waals surface area contributed by atoms with Crippen LogP contribution in [0, 0.1) is 0 Å². The first-order valence-electron chi connectivity index (χ1n) is 7.96. The molecule has 0 atom stereocenters. The molecule has 1 aliphatic heterocycles. The fourth-order valence-electron chi connectivity index (χ4n) is 2.80. The molecule has 0 saturated heterocycles. The molecule has 3 aromatic rings. The van der Waals surface area contributed by atoms with Crippen LogP contribution in [0.25, 0.3) is 11.3 Å². The predicted molar refractivity (Wildman–Crippen MR) is 102 cm³/mol. The second-order valence-electron chi connectivity index (χ2n) is 5.74. The lowest BCUT2D eigenvalue weighted by Gasteiger charge is -2.12. The number of esters is 1. The fourth-order valence-corrected chi connectivity index (χ4v) is 3.52. The summed E-state index contributed by atoms with van der Waals surface area (Å²) in [5.74, 6) is -0.742. The number of thiazole rings is 1. The molecule has 9 nitrogen and oxygen atoms in total. The van der Waals surface area contributed by atoms with Crippen molar-refractivity contribution in [2.45, 2.75) is 13.0 Å². The van der Waals surface area contributed by atoms with Gasteiger partial charge in [0.05, 0.1) is 12.8 Å². The first-order valence-corrected chi connectivity index (χ1v) is 8.84. The van der Waals surface area contributed by atoms with Crippen molar-refractivity contribution >= 4 is 40.8 Å². The Balaban J connectivity index is 0.00000210. The number of ether oxygens (including phenoxy) is 1. The molecule has 4 N–H and O–H groups in total. The number of carbonyl (C=O) groups excluding carboxylic acids is 2. The van der Waals surface area contributed by atoms with Crippen LogP contribution in [0.2, 0.25) is 0 Å². The van der Waals surface area contributed by atoms with E-state index in [4.69, 9.17) is 0 Å². The van der Waals surface area contributed by atoms with Gasteiger partial charge in [0.2, 0.25) is 0 Å². The molecule has 0 aromatic carbocycles. The number of H-pyrrole nitrogens is 2. The summed E-state index contributed by atoms with van der Waals surface area (Å²) in [6, 6.07) is 1.66. The van der Waals surface area contributed by atoms with E-state index in [1.807, 2.05) is 0 Å². The van der Waals surface area contributed by atoms with Gasteiger partial charge in [0.1, 0.15) is 5.69 Å². The Morgan fingerprint density at radius 2 is 2.22 bits per heavy atom. The van der Waals surface area contributed by atoms with Crippen LogP contribution < -0.4 is 10.6 Å². The Kier molecular flexibility index (Phi) is 5.59. The van der Waals surface area contributed by atoms with Gasteiger partial charge in [-0.15, -0.1) is 23.7 Å². The summed E-state index contributed by atoms with van der Waals surface area (Å²) in [6.45, 7) is 1.49. The van der Waals surface area contributed by atoms with Crippen LogP contribution >= 0.6 is 23.7 Å². The van der Waals surface area contributed by atoms with Gasteiger partial charge in [0.25, 0.3) is 5.91 Å². The first-order chi connectivity index (χ1) is 12.7. The number of halogens is 1. The largest absolute Gasteiger partial charge is 0.464 e. The molecule has 142 valence electrons. The minimum atomic E-state index is -0.447. The molecule has 0 spiro atoms. The lowest BCUT2D eigenvalue weighted by molar-refractivity contribution is 0.0594. The maximum Gasteiger partial charge on any atom is 0.354 e. The lowest BCUT2D eigenvalue weighted by atomic mass is 10.1. The van der Waals surface area contributed by atoms with Gasteiger partial charge >= 0.3 is 5.97 Å². The first kappa shape index (κ1) is 19.1.